The summed E-state index contributed by atoms with van der Waals surface area (Å²) in [7, 11) is 0. The van der Waals surface area contributed by atoms with Gasteiger partial charge in [0.05, 0.1) is 11.3 Å². The number of halogens is 2. The number of carbonyl (C=O) groups excluding carboxylic acids is 1. The lowest BCUT2D eigenvalue weighted by Gasteiger charge is -2.08. The Morgan fingerprint density at radius 1 is 1.26 bits per heavy atom. The van der Waals surface area contributed by atoms with Crippen molar-refractivity contribution in [3.63, 3.8) is 0 Å². The SMILES string of the molecule is Cc1nnc(-c2cn(CC(=O)Nc3ccc(Br)cc3F)c3ccccc23)o1. The van der Waals surface area contributed by atoms with Gasteiger partial charge in [-0.05, 0) is 24.3 Å². The minimum atomic E-state index is -0.503. The van der Waals surface area contributed by atoms with Crippen molar-refractivity contribution in [3.05, 3.63) is 64.8 Å². The molecule has 0 aliphatic carbocycles. The Bertz CT molecular complexity index is 1150. The summed E-state index contributed by atoms with van der Waals surface area (Å²) in [5.41, 5.74) is 1.72. The summed E-state index contributed by atoms with van der Waals surface area (Å²) in [6, 6.07) is 12.1. The fourth-order valence-electron chi connectivity index (χ4n) is 2.89. The standard InChI is InChI=1S/C19H14BrFN4O2/c1-11-23-24-19(27-11)14-9-25(17-5-3-2-4-13(14)17)10-18(26)22-16-7-6-12(20)8-15(16)21/h2-9H,10H2,1H3,(H,22,26). The van der Waals surface area contributed by atoms with Crippen molar-refractivity contribution < 1.29 is 13.6 Å². The third-order valence-electron chi connectivity index (χ3n) is 4.06. The van der Waals surface area contributed by atoms with E-state index < -0.39 is 5.82 Å². The first kappa shape index (κ1) is 17.4. The first-order valence-electron chi connectivity index (χ1n) is 8.14. The lowest BCUT2D eigenvalue weighted by Crippen LogP contribution is -2.18. The summed E-state index contributed by atoms with van der Waals surface area (Å²) in [6.45, 7) is 1.74. The smallest absolute Gasteiger partial charge is 0.249 e. The quantitative estimate of drug-likeness (QED) is 0.517. The molecule has 4 rings (SSSR count). The lowest BCUT2D eigenvalue weighted by atomic mass is 10.2. The maximum atomic E-state index is 14.0. The number of benzene rings is 2. The molecule has 136 valence electrons. The Kier molecular flexibility index (Phi) is 4.49. The van der Waals surface area contributed by atoms with Gasteiger partial charge in [-0.1, -0.05) is 34.1 Å². The molecule has 0 aliphatic rings. The van der Waals surface area contributed by atoms with Gasteiger partial charge in [-0.15, -0.1) is 10.2 Å². The van der Waals surface area contributed by atoms with Crippen molar-refractivity contribution in [3.8, 4) is 11.5 Å². The molecular weight excluding hydrogens is 415 g/mol. The third-order valence-corrected chi connectivity index (χ3v) is 4.56. The van der Waals surface area contributed by atoms with Crippen LogP contribution in [0.15, 0.2) is 57.6 Å². The number of nitrogens with zero attached hydrogens (tertiary/aromatic N) is 3. The molecule has 6 nitrogen and oxygen atoms in total. The molecule has 4 aromatic rings. The van der Waals surface area contributed by atoms with Crippen LogP contribution in [0.1, 0.15) is 5.89 Å². The molecule has 0 unspecified atom stereocenters. The highest BCUT2D eigenvalue weighted by Gasteiger charge is 2.16. The number of carbonyl (C=O) groups is 1. The fourth-order valence-corrected chi connectivity index (χ4v) is 3.22. The summed E-state index contributed by atoms with van der Waals surface area (Å²) in [5, 5.41) is 11.4. The van der Waals surface area contributed by atoms with Crippen LogP contribution in [-0.4, -0.2) is 20.7 Å². The number of amides is 1. The molecule has 0 spiro atoms. The second-order valence-electron chi connectivity index (χ2n) is 5.99. The van der Waals surface area contributed by atoms with Crippen LogP contribution in [0.25, 0.3) is 22.4 Å². The van der Waals surface area contributed by atoms with Gasteiger partial charge in [0.15, 0.2) is 0 Å². The van der Waals surface area contributed by atoms with Gasteiger partial charge >= 0.3 is 0 Å². The van der Waals surface area contributed by atoms with Gasteiger partial charge in [0.2, 0.25) is 17.7 Å². The molecule has 1 N–H and O–H groups in total. The molecule has 1 amide bonds. The van der Waals surface area contributed by atoms with Crippen LogP contribution >= 0.6 is 15.9 Å². The maximum absolute atomic E-state index is 14.0. The Balaban J connectivity index is 1.65. The molecule has 8 heteroatoms. The number of nitrogens with one attached hydrogen (secondary N) is 1. The van der Waals surface area contributed by atoms with Crippen molar-refractivity contribution in [2.75, 3.05) is 5.32 Å². The number of hydrogen-bond donors (Lipinski definition) is 1. The molecule has 0 aliphatic heterocycles. The molecule has 0 fully saturated rings. The van der Waals surface area contributed by atoms with Gasteiger partial charge in [0.25, 0.3) is 0 Å². The first-order chi connectivity index (χ1) is 13.0. The van der Waals surface area contributed by atoms with E-state index in [0.717, 1.165) is 16.5 Å². The number of aryl methyl sites for hydroxylation is 1. The normalized spacial score (nSPS) is 11.1. The molecule has 0 atom stereocenters. The fraction of sp³-hybridized carbons (Fsp3) is 0.105. The second kappa shape index (κ2) is 6.96. The lowest BCUT2D eigenvalue weighted by molar-refractivity contribution is -0.116. The molecule has 27 heavy (non-hydrogen) atoms. The van der Waals surface area contributed by atoms with Gasteiger partial charge in [0.1, 0.15) is 12.4 Å². The summed E-state index contributed by atoms with van der Waals surface area (Å²) < 4.78 is 21.9. The Morgan fingerprint density at radius 2 is 2.07 bits per heavy atom. The highest BCUT2D eigenvalue weighted by Crippen LogP contribution is 2.30. The number of rotatable bonds is 4. The summed E-state index contributed by atoms with van der Waals surface area (Å²) in [4.78, 5) is 12.5. The summed E-state index contributed by atoms with van der Waals surface area (Å²) >= 11 is 3.19. The van der Waals surface area contributed by atoms with E-state index in [-0.39, 0.29) is 18.1 Å². The van der Waals surface area contributed by atoms with Crippen molar-refractivity contribution in [1.82, 2.24) is 14.8 Å². The van der Waals surface area contributed by atoms with Crippen LogP contribution in [0.4, 0.5) is 10.1 Å². The zero-order valence-corrected chi connectivity index (χ0v) is 15.8. The van der Waals surface area contributed by atoms with Gasteiger partial charge in [-0.3, -0.25) is 4.79 Å². The van der Waals surface area contributed by atoms with Crippen LogP contribution in [0.2, 0.25) is 0 Å². The van der Waals surface area contributed by atoms with E-state index in [9.17, 15) is 9.18 Å². The van der Waals surface area contributed by atoms with E-state index in [1.165, 1.54) is 12.1 Å². The molecule has 0 saturated carbocycles. The maximum Gasteiger partial charge on any atom is 0.249 e. The van der Waals surface area contributed by atoms with Crippen molar-refractivity contribution in [2.45, 2.75) is 13.5 Å². The minimum Gasteiger partial charge on any atom is -0.421 e. The Hall–Kier alpha value is -3.00. The van der Waals surface area contributed by atoms with Gasteiger partial charge in [-0.2, -0.15) is 0 Å². The molecular formula is C19H14BrFN4O2. The number of fused-ring (bicyclic) bond motifs is 1. The highest BCUT2D eigenvalue weighted by molar-refractivity contribution is 9.10. The van der Waals surface area contributed by atoms with Crippen LogP contribution in [0.5, 0.6) is 0 Å². The van der Waals surface area contributed by atoms with Crippen LogP contribution in [-0.2, 0) is 11.3 Å². The molecule has 0 bridgehead atoms. The molecule has 2 aromatic carbocycles. The van der Waals surface area contributed by atoms with E-state index >= 15 is 0 Å². The zero-order valence-electron chi connectivity index (χ0n) is 14.2. The van der Waals surface area contributed by atoms with Crippen LogP contribution < -0.4 is 5.32 Å². The van der Waals surface area contributed by atoms with E-state index in [2.05, 4.69) is 31.4 Å². The third kappa shape index (κ3) is 3.48. The minimum absolute atomic E-state index is 0.0170. The van der Waals surface area contributed by atoms with Crippen LogP contribution in [0, 0.1) is 12.7 Å². The summed E-state index contributed by atoms with van der Waals surface area (Å²) in [5.74, 6) is 0.00875. The molecule has 2 aromatic heterocycles. The number of aromatic nitrogens is 3. The van der Waals surface area contributed by atoms with Crippen molar-refractivity contribution in [1.29, 1.82) is 0 Å². The molecule has 0 saturated heterocycles. The topological polar surface area (TPSA) is 73.0 Å². The number of anilines is 1. The Labute approximate surface area is 162 Å². The van der Waals surface area contributed by atoms with Gasteiger partial charge in [0, 0.05) is 28.5 Å². The van der Waals surface area contributed by atoms with E-state index in [1.54, 1.807) is 23.8 Å². The largest absolute Gasteiger partial charge is 0.421 e. The van der Waals surface area contributed by atoms with Gasteiger partial charge < -0.3 is 14.3 Å². The number of para-hydroxylation sites is 1. The molecule has 0 radical (unpaired) electrons. The monoisotopic (exact) mass is 428 g/mol. The first-order valence-corrected chi connectivity index (χ1v) is 8.94. The van der Waals surface area contributed by atoms with Crippen molar-refractivity contribution in [2.24, 2.45) is 0 Å². The number of hydrogen-bond acceptors (Lipinski definition) is 4. The van der Waals surface area contributed by atoms with Gasteiger partial charge in [-0.25, -0.2) is 4.39 Å². The second-order valence-corrected chi connectivity index (χ2v) is 6.90. The average Bonchev–Trinajstić information content (AvgIpc) is 3.22. The predicted octanol–water partition coefficient (Wildman–Crippen LogP) is 4.54. The summed E-state index contributed by atoms with van der Waals surface area (Å²) in [6.07, 6.45) is 1.79. The Morgan fingerprint density at radius 3 is 2.81 bits per heavy atom. The highest BCUT2D eigenvalue weighted by atomic mass is 79.9. The zero-order chi connectivity index (χ0) is 19.0. The molecule has 2 heterocycles. The van der Waals surface area contributed by atoms with E-state index in [4.69, 9.17) is 4.42 Å². The average molecular weight is 429 g/mol. The van der Waals surface area contributed by atoms with E-state index in [1.807, 2.05) is 24.3 Å². The van der Waals surface area contributed by atoms with E-state index in [0.29, 0.717) is 16.3 Å². The predicted molar refractivity (Wildman–Crippen MR) is 103 cm³/mol. The van der Waals surface area contributed by atoms with Crippen LogP contribution in [0.3, 0.4) is 0 Å². The van der Waals surface area contributed by atoms with Crippen molar-refractivity contribution >= 4 is 38.4 Å².